The van der Waals surface area contributed by atoms with Gasteiger partial charge in [0, 0.05) is 32.2 Å². The SMILES string of the molecule is CC(=O)O[C@H]1CC[C@@]2(C)C(=CC[C@H]3[C@@H]4C[C@H](OC(C)=O)[C@H]([C@H](C)[C@@H]5NC[C@H](C)C[C@@H]5O)[C@@]4(C)CC[C@@H]32)C1. The van der Waals surface area contributed by atoms with Crippen molar-refractivity contribution in [1.82, 2.24) is 5.32 Å². The first-order chi connectivity index (χ1) is 17.4. The van der Waals surface area contributed by atoms with E-state index in [4.69, 9.17) is 9.47 Å². The number of nitrogens with one attached hydrogen (secondary N) is 1. The minimum atomic E-state index is -0.359. The second-order valence-corrected chi connectivity index (χ2v) is 13.9. The highest BCUT2D eigenvalue weighted by molar-refractivity contribution is 5.66. The molecular formula is C31H49NO5. The van der Waals surface area contributed by atoms with Crippen LogP contribution in [-0.4, -0.2) is 47.9 Å². The average Bonchev–Trinajstić information content (AvgIpc) is 3.09. The molecule has 5 aliphatic rings. The van der Waals surface area contributed by atoms with E-state index in [1.807, 2.05) is 0 Å². The summed E-state index contributed by atoms with van der Waals surface area (Å²) in [5, 5.41) is 14.7. The van der Waals surface area contributed by atoms with Gasteiger partial charge in [0.2, 0.25) is 0 Å². The molecule has 0 aromatic carbocycles. The maximum Gasteiger partial charge on any atom is 0.302 e. The smallest absolute Gasteiger partial charge is 0.302 e. The van der Waals surface area contributed by atoms with Crippen LogP contribution in [0, 0.1) is 46.3 Å². The molecule has 0 radical (unpaired) electrons. The molecule has 37 heavy (non-hydrogen) atoms. The summed E-state index contributed by atoms with van der Waals surface area (Å²) in [5.41, 5.74) is 1.75. The summed E-state index contributed by atoms with van der Waals surface area (Å²) < 4.78 is 11.7. The molecule has 0 spiro atoms. The van der Waals surface area contributed by atoms with Gasteiger partial charge in [-0.25, -0.2) is 0 Å². The number of ether oxygens (including phenoxy) is 2. The maximum atomic E-state index is 12.3. The third-order valence-corrected chi connectivity index (χ3v) is 11.7. The van der Waals surface area contributed by atoms with Crippen molar-refractivity contribution in [2.45, 2.75) is 117 Å². The summed E-state index contributed by atoms with van der Waals surface area (Å²) >= 11 is 0. The maximum absolute atomic E-state index is 12.3. The minimum absolute atomic E-state index is 0.0180. The summed E-state index contributed by atoms with van der Waals surface area (Å²) in [7, 11) is 0. The summed E-state index contributed by atoms with van der Waals surface area (Å²) in [4.78, 5) is 23.8. The van der Waals surface area contributed by atoms with E-state index < -0.39 is 0 Å². The van der Waals surface area contributed by atoms with Crippen LogP contribution in [0.5, 0.6) is 0 Å². The number of fused-ring (bicyclic) bond motifs is 5. The van der Waals surface area contributed by atoms with Crippen LogP contribution < -0.4 is 5.32 Å². The zero-order valence-electron chi connectivity index (χ0n) is 23.8. The molecule has 0 bridgehead atoms. The number of carbonyl (C=O) groups excluding carboxylic acids is 2. The number of aliphatic hydroxyl groups is 1. The van der Waals surface area contributed by atoms with Crippen LogP contribution >= 0.6 is 0 Å². The van der Waals surface area contributed by atoms with Crippen molar-refractivity contribution in [3.05, 3.63) is 11.6 Å². The van der Waals surface area contributed by atoms with Crippen LogP contribution in [-0.2, 0) is 19.1 Å². The topological polar surface area (TPSA) is 84.9 Å². The lowest BCUT2D eigenvalue weighted by atomic mass is 9.46. The van der Waals surface area contributed by atoms with Crippen molar-refractivity contribution in [1.29, 1.82) is 0 Å². The Balaban J connectivity index is 1.42. The fourth-order valence-corrected chi connectivity index (χ4v) is 10.1. The molecule has 0 unspecified atom stereocenters. The number of esters is 2. The Kier molecular flexibility index (Phi) is 7.32. The molecule has 4 aliphatic carbocycles. The second-order valence-electron chi connectivity index (χ2n) is 13.9. The van der Waals surface area contributed by atoms with E-state index in [-0.39, 0.29) is 59.0 Å². The summed E-state index contributed by atoms with van der Waals surface area (Å²) in [6.45, 7) is 13.4. The number of hydrogen-bond acceptors (Lipinski definition) is 6. The molecular weight excluding hydrogens is 466 g/mol. The van der Waals surface area contributed by atoms with Gasteiger partial charge >= 0.3 is 11.9 Å². The van der Waals surface area contributed by atoms with Crippen molar-refractivity contribution >= 4 is 11.9 Å². The van der Waals surface area contributed by atoms with Crippen LogP contribution in [0.15, 0.2) is 11.6 Å². The first-order valence-electron chi connectivity index (χ1n) is 14.9. The van der Waals surface area contributed by atoms with Crippen LogP contribution in [0.1, 0.15) is 92.9 Å². The van der Waals surface area contributed by atoms with Crippen molar-refractivity contribution in [2.24, 2.45) is 46.3 Å². The van der Waals surface area contributed by atoms with E-state index in [1.54, 1.807) is 6.92 Å². The lowest BCUT2D eigenvalue weighted by molar-refractivity contribution is -0.152. The van der Waals surface area contributed by atoms with E-state index in [0.717, 1.165) is 51.5 Å². The Bertz CT molecular complexity index is 933. The molecule has 208 valence electrons. The van der Waals surface area contributed by atoms with Gasteiger partial charge in [0.15, 0.2) is 0 Å². The standard InChI is InChI=1S/C31H49NO5/c1-17-13-26(35)29(32-16-17)18(2)28-27(37-20(4)34)15-25-23-8-7-21-14-22(36-19(3)33)9-11-30(21,5)24(23)10-12-31(25,28)6/h7,17-18,22-29,32,35H,8-16H2,1-6H3/t17-,18+,22+,23-,24+,25+,26+,27+,28+,29+,30+,31+/m1/s1. The largest absolute Gasteiger partial charge is 0.462 e. The number of carbonyl (C=O) groups is 2. The predicted molar refractivity (Wildman–Crippen MR) is 142 cm³/mol. The number of rotatable bonds is 4. The van der Waals surface area contributed by atoms with Gasteiger partial charge in [-0.05, 0) is 91.9 Å². The van der Waals surface area contributed by atoms with Crippen molar-refractivity contribution < 1.29 is 24.2 Å². The molecule has 6 nitrogen and oxygen atoms in total. The summed E-state index contributed by atoms with van der Waals surface area (Å²) in [6.07, 6.45) is 10.1. The van der Waals surface area contributed by atoms with Crippen LogP contribution in [0.25, 0.3) is 0 Å². The average molecular weight is 516 g/mol. The quantitative estimate of drug-likeness (QED) is 0.403. The second kappa shape index (κ2) is 9.97. The Morgan fingerprint density at radius 3 is 2.49 bits per heavy atom. The molecule has 0 amide bonds. The van der Waals surface area contributed by atoms with Gasteiger partial charge in [-0.3, -0.25) is 9.59 Å². The number of aliphatic hydroxyl groups excluding tert-OH is 1. The lowest BCUT2D eigenvalue weighted by Gasteiger charge is -2.58. The predicted octanol–water partition coefficient (Wildman–Crippen LogP) is 5.03. The van der Waals surface area contributed by atoms with E-state index >= 15 is 0 Å². The summed E-state index contributed by atoms with van der Waals surface area (Å²) in [6, 6.07) is 0.0412. The Labute approximate surface area is 223 Å². The molecule has 1 heterocycles. The molecule has 1 aliphatic heterocycles. The fraction of sp³-hybridized carbons (Fsp3) is 0.871. The molecule has 6 heteroatoms. The zero-order chi connectivity index (χ0) is 26.7. The van der Waals surface area contributed by atoms with Crippen molar-refractivity contribution in [2.75, 3.05) is 6.54 Å². The van der Waals surface area contributed by atoms with Crippen LogP contribution in [0.3, 0.4) is 0 Å². The third kappa shape index (κ3) is 4.68. The van der Waals surface area contributed by atoms with E-state index in [1.165, 1.54) is 18.9 Å². The van der Waals surface area contributed by atoms with E-state index in [0.29, 0.717) is 23.7 Å². The van der Waals surface area contributed by atoms with Gasteiger partial charge in [-0.15, -0.1) is 0 Å². The molecule has 5 rings (SSSR count). The highest BCUT2D eigenvalue weighted by atomic mass is 16.5. The number of allylic oxidation sites excluding steroid dienone is 1. The Morgan fingerprint density at radius 2 is 1.81 bits per heavy atom. The van der Waals surface area contributed by atoms with Crippen molar-refractivity contribution in [3.63, 3.8) is 0 Å². The van der Waals surface area contributed by atoms with Crippen molar-refractivity contribution in [3.8, 4) is 0 Å². The van der Waals surface area contributed by atoms with E-state index in [9.17, 15) is 14.7 Å². The molecule has 2 N–H and O–H groups in total. The molecule has 12 atom stereocenters. The molecule has 4 fully saturated rings. The van der Waals surface area contributed by atoms with Gasteiger partial charge in [-0.2, -0.15) is 0 Å². The normalized spacial score (nSPS) is 48.1. The van der Waals surface area contributed by atoms with Crippen LogP contribution in [0.2, 0.25) is 0 Å². The fourth-order valence-electron chi connectivity index (χ4n) is 10.1. The Morgan fingerprint density at radius 1 is 1.08 bits per heavy atom. The minimum Gasteiger partial charge on any atom is -0.462 e. The van der Waals surface area contributed by atoms with Gasteiger partial charge in [0.1, 0.15) is 12.2 Å². The molecule has 0 aromatic heterocycles. The first kappa shape index (κ1) is 27.2. The molecule has 3 saturated carbocycles. The zero-order valence-corrected chi connectivity index (χ0v) is 23.8. The summed E-state index contributed by atoms with van der Waals surface area (Å²) in [5.74, 6) is 2.28. The van der Waals surface area contributed by atoms with Gasteiger partial charge in [0.25, 0.3) is 0 Å². The first-order valence-corrected chi connectivity index (χ1v) is 14.9. The number of hydrogen-bond donors (Lipinski definition) is 2. The molecule has 1 saturated heterocycles. The van der Waals surface area contributed by atoms with Crippen LogP contribution in [0.4, 0.5) is 0 Å². The van der Waals surface area contributed by atoms with Gasteiger partial charge in [0.05, 0.1) is 6.10 Å². The monoisotopic (exact) mass is 515 g/mol. The Hall–Kier alpha value is -1.40. The van der Waals surface area contributed by atoms with E-state index in [2.05, 4.69) is 39.1 Å². The van der Waals surface area contributed by atoms with Gasteiger partial charge < -0.3 is 19.9 Å². The van der Waals surface area contributed by atoms with Gasteiger partial charge in [-0.1, -0.05) is 39.3 Å². The third-order valence-electron chi connectivity index (χ3n) is 11.7. The molecule has 0 aromatic rings. The lowest BCUT2D eigenvalue weighted by Crippen LogP contribution is -2.57. The highest BCUT2D eigenvalue weighted by Crippen LogP contribution is 2.67. The number of piperidine rings is 1. The highest BCUT2D eigenvalue weighted by Gasteiger charge is 2.63.